The van der Waals surface area contributed by atoms with E-state index >= 15 is 0 Å². The molecule has 6 nitrogen and oxygen atoms in total. The predicted octanol–water partition coefficient (Wildman–Crippen LogP) is 13.8. The first-order valence-corrected chi connectivity index (χ1v) is 18.9. The Morgan fingerprint density at radius 3 is 1.54 bits per heavy atom. The minimum absolute atomic E-state index is 0.567. The molecule has 3 aromatic heterocycles. The van der Waals surface area contributed by atoms with Gasteiger partial charge in [0.1, 0.15) is 16.7 Å². The predicted molar refractivity (Wildman–Crippen MR) is 231 cm³/mol. The molecule has 0 bridgehead atoms. The van der Waals surface area contributed by atoms with E-state index < -0.39 is 0 Å². The number of para-hydroxylation sites is 4. The molecular formula is C51H32N4O2. The molecule has 0 amide bonds. The molecule has 57 heavy (non-hydrogen) atoms. The van der Waals surface area contributed by atoms with Gasteiger partial charge >= 0.3 is 0 Å². The molecule has 0 spiro atoms. The Morgan fingerprint density at radius 2 is 0.877 bits per heavy atom. The van der Waals surface area contributed by atoms with E-state index in [2.05, 4.69) is 108 Å². The monoisotopic (exact) mass is 732 g/mol. The number of aromatic nitrogens is 3. The lowest BCUT2D eigenvalue weighted by Gasteiger charge is -2.25. The van der Waals surface area contributed by atoms with Gasteiger partial charge in [0.2, 0.25) is 0 Å². The molecule has 0 aliphatic rings. The maximum absolute atomic E-state index is 6.56. The summed E-state index contributed by atoms with van der Waals surface area (Å²) in [5.41, 5.74) is 11.0. The molecule has 0 radical (unpaired) electrons. The van der Waals surface area contributed by atoms with Gasteiger partial charge in [-0.3, -0.25) is 0 Å². The molecule has 0 aliphatic heterocycles. The van der Waals surface area contributed by atoms with Crippen LogP contribution >= 0.6 is 0 Å². The number of benzene rings is 8. The Bertz CT molecular complexity index is 3170. The van der Waals surface area contributed by atoms with Crippen LogP contribution in [-0.4, -0.2) is 15.0 Å². The fourth-order valence-electron chi connectivity index (χ4n) is 7.85. The van der Waals surface area contributed by atoms with E-state index in [0.717, 1.165) is 88.8 Å². The number of rotatable bonds is 7. The van der Waals surface area contributed by atoms with Crippen molar-refractivity contribution in [3.8, 4) is 45.3 Å². The highest BCUT2D eigenvalue weighted by atomic mass is 16.3. The SMILES string of the molecule is c1ccc(-c2nc(-c3ccccc3)nc(-c3cc(-c4ccc(N(c5ccccc5)c5cccc6c5oc5ccccc56)cc4)c4c(c3)oc3ccccc34)n2)cc1. The summed E-state index contributed by atoms with van der Waals surface area (Å²) in [5, 5.41) is 4.26. The molecule has 0 N–H and O–H groups in total. The molecule has 0 aliphatic carbocycles. The lowest BCUT2D eigenvalue weighted by molar-refractivity contribution is 0.668. The van der Waals surface area contributed by atoms with E-state index in [4.69, 9.17) is 23.8 Å². The Labute approximate surface area is 328 Å². The van der Waals surface area contributed by atoms with Crippen molar-refractivity contribution in [3.63, 3.8) is 0 Å². The summed E-state index contributed by atoms with van der Waals surface area (Å²) >= 11 is 0. The van der Waals surface area contributed by atoms with Gasteiger partial charge in [-0.15, -0.1) is 0 Å². The Balaban J connectivity index is 1.09. The summed E-state index contributed by atoms with van der Waals surface area (Å²) in [6.07, 6.45) is 0. The second-order valence-corrected chi connectivity index (χ2v) is 14.0. The minimum atomic E-state index is 0.567. The number of furan rings is 2. The molecule has 8 aromatic carbocycles. The summed E-state index contributed by atoms with van der Waals surface area (Å²) in [6, 6.07) is 66.2. The van der Waals surface area contributed by atoms with E-state index in [-0.39, 0.29) is 0 Å². The van der Waals surface area contributed by atoms with E-state index in [1.807, 2.05) is 91.0 Å². The topological polar surface area (TPSA) is 68.2 Å². The van der Waals surface area contributed by atoms with Gasteiger partial charge in [0.15, 0.2) is 23.1 Å². The first-order valence-electron chi connectivity index (χ1n) is 18.9. The van der Waals surface area contributed by atoms with Crippen molar-refractivity contribution in [2.75, 3.05) is 4.90 Å². The van der Waals surface area contributed by atoms with Crippen LogP contribution in [0.25, 0.3) is 89.2 Å². The molecule has 0 saturated carbocycles. The van der Waals surface area contributed by atoms with Gasteiger partial charge in [-0.2, -0.15) is 0 Å². The second kappa shape index (κ2) is 13.5. The molecule has 268 valence electrons. The number of hydrogen-bond donors (Lipinski definition) is 0. The maximum Gasteiger partial charge on any atom is 0.164 e. The number of hydrogen-bond acceptors (Lipinski definition) is 6. The zero-order chi connectivity index (χ0) is 37.7. The third-order valence-corrected chi connectivity index (χ3v) is 10.5. The van der Waals surface area contributed by atoms with Crippen molar-refractivity contribution in [2.45, 2.75) is 0 Å². The van der Waals surface area contributed by atoms with Crippen LogP contribution in [0.15, 0.2) is 203 Å². The maximum atomic E-state index is 6.56. The first-order chi connectivity index (χ1) is 28.2. The lowest BCUT2D eigenvalue weighted by Crippen LogP contribution is -2.10. The summed E-state index contributed by atoms with van der Waals surface area (Å²) in [5.74, 6) is 1.78. The van der Waals surface area contributed by atoms with Gasteiger partial charge in [-0.25, -0.2) is 15.0 Å². The zero-order valence-electron chi connectivity index (χ0n) is 30.6. The molecule has 0 atom stereocenters. The average Bonchev–Trinajstić information content (AvgIpc) is 3.86. The van der Waals surface area contributed by atoms with Crippen molar-refractivity contribution in [1.29, 1.82) is 0 Å². The Hall–Kier alpha value is -7.83. The van der Waals surface area contributed by atoms with Crippen LogP contribution in [-0.2, 0) is 0 Å². The van der Waals surface area contributed by atoms with E-state index in [9.17, 15) is 0 Å². The largest absolute Gasteiger partial charge is 0.456 e. The standard InChI is InChI=1S/C51H32N4O2/c1-4-15-34(16-5-1)49-52-50(35-17-6-2-7-18-35)54-51(53-49)36-31-42(47-41-22-11-13-26-45(41)56-46(47)32-36)33-27-29-38(30-28-33)55(37-19-8-3-9-20-37)43-24-14-23-40-39-21-10-12-25-44(39)57-48(40)43/h1-32H. The average molecular weight is 733 g/mol. The molecule has 3 heterocycles. The first kappa shape index (κ1) is 32.6. The summed E-state index contributed by atoms with van der Waals surface area (Å²) in [4.78, 5) is 17.3. The normalized spacial score (nSPS) is 11.5. The van der Waals surface area contributed by atoms with Gasteiger partial charge in [0.25, 0.3) is 0 Å². The highest BCUT2D eigenvalue weighted by Crippen LogP contribution is 2.44. The van der Waals surface area contributed by atoms with E-state index in [0.29, 0.717) is 17.5 Å². The highest BCUT2D eigenvalue weighted by molar-refractivity contribution is 6.14. The van der Waals surface area contributed by atoms with Crippen LogP contribution in [0, 0.1) is 0 Å². The van der Waals surface area contributed by atoms with Crippen LogP contribution in [0.5, 0.6) is 0 Å². The zero-order valence-corrected chi connectivity index (χ0v) is 30.6. The van der Waals surface area contributed by atoms with E-state index in [1.165, 1.54) is 0 Å². The number of anilines is 3. The van der Waals surface area contributed by atoms with Crippen LogP contribution in [0.2, 0.25) is 0 Å². The van der Waals surface area contributed by atoms with Gasteiger partial charge in [-0.1, -0.05) is 140 Å². The molecular weight excluding hydrogens is 701 g/mol. The lowest BCUT2D eigenvalue weighted by atomic mass is 9.96. The van der Waals surface area contributed by atoms with E-state index in [1.54, 1.807) is 0 Å². The van der Waals surface area contributed by atoms with Crippen molar-refractivity contribution >= 4 is 60.9 Å². The number of fused-ring (bicyclic) bond motifs is 6. The van der Waals surface area contributed by atoms with Gasteiger partial charge in [-0.05, 0) is 65.7 Å². The Kier molecular flexibility index (Phi) is 7.71. The third-order valence-electron chi connectivity index (χ3n) is 10.5. The minimum Gasteiger partial charge on any atom is -0.456 e. The van der Waals surface area contributed by atoms with Crippen molar-refractivity contribution in [3.05, 3.63) is 194 Å². The smallest absolute Gasteiger partial charge is 0.164 e. The van der Waals surface area contributed by atoms with Gasteiger partial charge in [0.05, 0.1) is 5.69 Å². The van der Waals surface area contributed by atoms with Crippen LogP contribution < -0.4 is 4.90 Å². The fraction of sp³-hybridized carbons (Fsp3) is 0. The van der Waals surface area contributed by atoms with Crippen molar-refractivity contribution in [1.82, 2.24) is 15.0 Å². The van der Waals surface area contributed by atoms with Gasteiger partial charge < -0.3 is 13.7 Å². The van der Waals surface area contributed by atoms with Crippen molar-refractivity contribution in [2.24, 2.45) is 0 Å². The van der Waals surface area contributed by atoms with Crippen LogP contribution in [0.3, 0.4) is 0 Å². The summed E-state index contributed by atoms with van der Waals surface area (Å²) in [7, 11) is 0. The Morgan fingerprint density at radius 1 is 0.351 bits per heavy atom. The van der Waals surface area contributed by atoms with Gasteiger partial charge in [0, 0.05) is 49.6 Å². The highest BCUT2D eigenvalue weighted by Gasteiger charge is 2.21. The second-order valence-electron chi connectivity index (χ2n) is 14.0. The summed E-state index contributed by atoms with van der Waals surface area (Å²) in [6.45, 7) is 0. The fourth-order valence-corrected chi connectivity index (χ4v) is 7.85. The number of nitrogens with zero attached hydrogens (tertiary/aromatic N) is 4. The molecule has 11 rings (SSSR count). The molecule has 0 unspecified atom stereocenters. The molecule has 11 aromatic rings. The molecule has 0 fully saturated rings. The third kappa shape index (κ3) is 5.70. The molecule has 0 saturated heterocycles. The van der Waals surface area contributed by atoms with Crippen LogP contribution in [0.4, 0.5) is 17.1 Å². The van der Waals surface area contributed by atoms with Crippen molar-refractivity contribution < 1.29 is 8.83 Å². The van der Waals surface area contributed by atoms with Crippen LogP contribution in [0.1, 0.15) is 0 Å². The molecule has 6 heteroatoms. The quantitative estimate of drug-likeness (QED) is 0.162. The summed E-state index contributed by atoms with van der Waals surface area (Å²) < 4.78 is 13.1.